The Balaban J connectivity index is 1.84. The third-order valence-corrected chi connectivity index (χ3v) is 5.35. The quantitative estimate of drug-likeness (QED) is 0.355. The van der Waals surface area contributed by atoms with E-state index in [2.05, 4.69) is 5.32 Å². The molecule has 7 nitrogen and oxygen atoms in total. The van der Waals surface area contributed by atoms with Crippen LogP contribution in [0.5, 0.6) is 0 Å². The predicted octanol–water partition coefficient (Wildman–Crippen LogP) is 4.92. The molecule has 2 amide bonds. The molecule has 1 aliphatic rings. The number of hydrogen-bond donors (Lipinski definition) is 1. The van der Waals surface area contributed by atoms with Crippen LogP contribution in [0.3, 0.4) is 0 Å². The van der Waals surface area contributed by atoms with Crippen molar-refractivity contribution < 1.29 is 14.5 Å². The van der Waals surface area contributed by atoms with E-state index in [4.69, 9.17) is 0 Å². The summed E-state index contributed by atoms with van der Waals surface area (Å²) in [5.41, 5.74) is 4.73. The molecule has 0 aromatic heterocycles. The van der Waals surface area contributed by atoms with Gasteiger partial charge in [0.1, 0.15) is 5.70 Å². The summed E-state index contributed by atoms with van der Waals surface area (Å²) in [5, 5.41) is 14.2. The van der Waals surface area contributed by atoms with Gasteiger partial charge in [-0.3, -0.25) is 19.7 Å². The Morgan fingerprint density at radius 1 is 0.844 bits per heavy atom. The average molecular weight is 427 g/mol. The summed E-state index contributed by atoms with van der Waals surface area (Å²) >= 11 is 0. The van der Waals surface area contributed by atoms with Gasteiger partial charge >= 0.3 is 0 Å². The molecule has 32 heavy (non-hydrogen) atoms. The first-order valence-electron chi connectivity index (χ1n) is 10.0. The molecule has 3 aromatic rings. The zero-order chi connectivity index (χ0) is 23.0. The maximum atomic E-state index is 13.5. The Kier molecular flexibility index (Phi) is 5.32. The third kappa shape index (κ3) is 3.76. The number of carbonyl (C=O) groups is 2. The summed E-state index contributed by atoms with van der Waals surface area (Å²) in [5.74, 6) is -0.962. The van der Waals surface area contributed by atoms with Gasteiger partial charge in [-0.15, -0.1) is 0 Å². The lowest BCUT2D eigenvalue weighted by molar-refractivity contribution is -0.384. The van der Waals surface area contributed by atoms with Gasteiger partial charge in [-0.2, -0.15) is 0 Å². The van der Waals surface area contributed by atoms with Crippen molar-refractivity contribution in [3.05, 3.63) is 105 Å². The lowest BCUT2D eigenvalue weighted by Gasteiger charge is -2.16. The summed E-state index contributed by atoms with van der Waals surface area (Å²) in [7, 11) is 0. The molecule has 4 rings (SSSR count). The molecule has 1 N–H and O–H groups in total. The van der Waals surface area contributed by atoms with Crippen LogP contribution in [0.25, 0.3) is 5.57 Å². The fourth-order valence-corrected chi connectivity index (χ4v) is 3.75. The SMILES string of the molecule is Cc1cccc(N2C(=O)C(Nc3ccc(C)cc3C)=C(c3ccc([N+](=O)[O-])cc3)C2=O)c1. The molecule has 0 unspecified atom stereocenters. The Bertz CT molecular complexity index is 1290. The summed E-state index contributed by atoms with van der Waals surface area (Å²) in [6, 6.07) is 18.5. The second-order valence-electron chi connectivity index (χ2n) is 7.78. The van der Waals surface area contributed by atoms with Crippen molar-refractivity contribution in [3.8, 4) is 0 Å². The standard InChI is InChI=1S/C25H21N3O4/c1-15-5-4-6-20(14-15)27-24(29)22(18-8-10-19(11-9-18)28(31)32)23(25(27)30)26-21-12-7-16(2)13-17(21)3/h4-14,26H,1-3H3. The Labute approximate surface area is 185 Å². The van der Waals surface area contributed by atoms with E-state index in [9.17, 15) is 19.7 Å². The largest absolute Gasteiger partial charge is 0.350 e. The van der Waals surface area contributed by atoms with Gasteiger partial charge in [-0.25, -0.2) is 4.90 Å². The molecule has 0 saturated heterocycles. The van der Waals surface area contributed by atoms with Crippen LogP contribution in [-0.2, 0) is 9.59 Å². The zero-order valence-electron chi connectivity index (χ0n) is 17.9. The molecule has 1 aliphatic heterocycles. The Morgan fingerprint density at radius 3 is 2.16 bits per heavy atom. The Hall–Kier alpha value is -4.26. The number of non-ortho nitro benzene ring substituents is 1. The monoisotopic (exact) mass is 427 g/mol. The van der Waals surface area contributed by atoms with E-state index in [1.807, 2.05) is 45.0 Å². The highest BCUT2D eigenvalue weighted by molar-refractivity contribution is 6.46. The third-order valence-electron chi connectivity index (χ3n) is 5.35. The predicted molar refractivity (Wildman–Crippen MR) is 123 cm³/mol. The van der Waals surface area contributed by atoms with E-state index in [1.165, 1.54) is 24.3 Å². The van der Waals surface area contributed by atoms with Crippen molar-refractivity contribution >= 4 is 34.4 Å². The molecule has 0 aliphatic carbocycles. The highest BCUT2D eigenvalue weighted by Crippen LogP contribution is 2.35. The molecule has 0 spiro atoms. The van der Waals surface area contributed by atoms with Crippen LogP contribution in [0.1, 0.15) is 22.3 Å². The average Bonchev–Trinajstić information content (AvgIpc) is 2.99. The van der Waals surface area contributed by atoms with Crippen LogP contribution < -0.4 is 10.2 Å². The van der Waals surface area contributed by atoms with Crippen LogP contribution in [-0.4, -0.2) is 16.7 Å². The first-order valence-corrected chi connectivity index (χ1v) is 10.0. The lowest BCUT2D eigenvalue weighted by Crippen LogP contribution is -2.32. The maximum absolute atomic E-state index is 13.5. The number of nitro groups is 1. The van der Waals surface area contributed by atoms with Crippen molar-refractivity contribution in [2.45, 2.75) is 20.8 Å². The van der Waals surface area contributed by atoms with Crippen LogP contribution in [0, 0.1) is 30.9 Å². The van der Waals surface area contributed by atoms with Gasteiger partial charge in [0.15, 0.2) is 0 Å². The van der Waals surface area contributed by atoms with Crippen molar-refractivity contribution in [2.24, 2.45) is 0 Å². The summed E-state index contributed by atoms with van der Waals surface area (Å²) in [6.07, 6.45) is 0. The molecule has 0 atom stereocenters. The molecule has 1 heterocycles. The van der Waals surface area contributed by atoms with Gasteiger partial charge in [-0.1, -0.05) is 29.8 Å². The molecular weight excluding hydrogens is 406 g/mol. The normalized spacial score (nSPS) is 13.7. The number of rotatable bonds is 5. The maximum Gasteiger partial charge on any atom is 0.282 e. The van der Waals surface area contributed by atoms with Crippen molar-refractivity contribution in [1.82, 2.24) is 0 Å². The first kappa shape index (κ1) is 21.0. The molecule has 160 valence electrons. The van der Waals surface area contributed by atoms with Gasteiger partial charge in [0.2, 0.25) is 0 Å². The lowest BCUT2D eigenvalue weighted by atomic mass is 10.0. The highest BCUT2D eigenvalue weighted by atomic mass is 16.6. The molecule has 0 saturated carbocycles. The number of nitro benzene ring substituents is 1. The molecule has 0 bridgehead atoms. The van der Waals surface area contributed by atoms with Crippen LogP contribution in [0.4, 0.5) is 17.1 Å². The number of aryl methyl sites for hydroxylation is 3. The Morgan fingerprint density at radius 2 is 1.53 bits per heavy atom. The smallest absolute Gasteiger partial charge is 0.282 e. The molecule has 0 fully saturated rings. The highest BCUT2D eigenvalue weighted by Gasteiger charge is 2.40. The van der Waals surface area contributed by atoms with Crippen LogP contribution in [0.15, 0.2) is 72.4 Å². The number of nitrogens with one attached hydrogen (secondary N) is 1. The molecule has 7 heteroatoms. The van der Waals surface area contributed by atoms with E-state index in [-0.39, 0.29) is 17.0 Å². The molecule has 0 radical (unpaired) electrons. The van der Waals surface area contributed by atoms with Gasteiger partial charge in [0.25, 0.3) is 17.5 Å². The number of nitrogens with zero attached hydrogens (tertiary/aromatic N) is 2. The van der Waals surface area contributed by atoms with Crippen molar-refractivity contribution in [3.63, 3.8) is 0 Å². The van der Waals surface area contributed by atoms with E-state index >= 15 is 0 Å². The minimum absolute atomic E-state index is 0.0921. The number of imide groups is 1. The second-order valence-corrected chi connectivity index (χ2v) is 7.78. The molecular formula is C25H21N3O4. The fraction of sp³-hybridized carbons (Fsp3) is 0.120. The minimum atomic E-state index is -0.506. The fourth-order valence-electron chi connectivity index (χ4n) is 3.75. The zero-order valence-corrected chi connectivity index (χ0v) is 17.9. The van der Waals surface area contributed by atoms with Gasteiger partial charge < -0.3 is 5.32 Å². The second kappa shape index (κ2) is 8.11. The number of anilines is 2. The van der Waals surface area contributed by atoms with E-state index in [0.717, 1.165) is 21.6 Å². The van der Waals surface area contributed by atoms with E-state index in [1.54, 1.807) is 18.2 Å². The number of amides is 2. The van der Waals surface area contributed by atoms with Crippen molar-refractivity contribution in [2.75, 3.05) is 10.2 Å². The topological polar surface area (TPSA) is 92.6 Å². The number of hydrogen-bond acceptors (Lipinski definition) is 5. The summed E-state index contributed by atoms with van der Waals surface area (Å²) in [4.78, 5) is 38.6. The van der Waals surface area contributed by atoms with Crippen molar-refractivity contribution in [1.29, 1.82) is 0 Å². The van der Waals surface area contributed by atoms with E-state index in [0.29, 0.717) is 16.9 Å². The van der Waals surface area contributed by atoms with E-state index < -0.39 is 16.7 Å². The first-order chi connectivity index (χ1) is 15.3. The van der Waals surface area contributed by atoms with Gasteiger partial charge in [0, 0.05) is 17.8 Å². The minimum Gasteiger partial charge on any atom is -0.350 e. The number of carbonyl (C=O) groups excluding carboxylic acids is 2. The van der Waals surface area contributed by atoms with Gasteiger partial charge in [0.05, 0.1) is 16.2 Å². The summed E-state index contributed by atoms with van der Waals surface area (Å²) in [6.45, 7) is 5.77. The summed E-state index contributed by atoms with van der Waals surface area (Å²) < 4.78 is 0. The molecule has 3 aromatic carbocycles. The number of benzene rings is 3. The van der Waals surface area contributed by atoms with Gasteiger partial charge in [-0.05, 0) is 67.8 Å². The van der Waals surface area contributed by atoms with Crippen LogP contribution in [0.2, 0.25) is 0 Å². The van der Waals surface area contributed by atoms with Crippen LogP contribution >= 0.6 is 0 Å².